The Labute approximate surface area is 274 Å². The molecule has 2 unspecified atom stereocenters. The Kier molecular flexibility index (Phi) is 10.9. The Bertz CT molecular complexity index is 1260. The number of fused-ring (bicyclic) bond motifs is 1. The second kappa shape index (κ2) is 14.7. The van der Waals surface area contributed by atoms with Crippen molar-refractivity contribution in [3.8, 4) is 5.75 Å². The highest BCUT2D eigenvalue weighted by atomic mass is 16.5. The maximum absolute atomic E-state index is 14.8. The molecule has 3 aliphatic heterocycles. The number of nitrogens with zero attached hydrogens (tertiary/aromatic N) is 3. The molecule has 3 heterocycles. The molecular formula is C37H53N3O6. The summed E-state index contributed by atoms with van der Waals surface area (Å²) < 4.78 is 12.6. The Balaban J connectivity index is 1.51. The quantitative estimate of drug-likeness (QED) is 0.196. The summed E-state index contributed by atoms with van der Waals surface area (Å²) in [5.74, 6) is -1.19. The molecule has 252 valence electrons. The molecule has 5 atom stereocenters. The minimum atomic E-state index is -1.07. The summed E-state index contributed by atoms with van der Waals surface area (Å²) in [6, 6.07) is 6.72. The largest absolute Gasteiger partial charge is 0.494 e. The Morgan fingerprint density at radius 2 is 1.72 bits per heavy atom. The number of anilines is 1. The zero-order chi connectivity index (χ0) is 32.9. The van der Waals surface area contributed by atoms with Crippen LogP contribution in [0.15, 0.2) is 49.6 Å². The average molecular weight is 636 g/mol. The smallest absolute Gasteiger partial charge is 0.248 e. The third-order valence-corrected chi connectivity index (χ3v) is 10.7. The number of ether oxygens (including phenoxy) is 2. The molecule has 46 heavy (non-hydrogen) atoms. The summed E-state index contributed by atoms with van der Waals surface area (Å²) in [5.41, 5.74) is -1.25. The zero-order valence-electron chi connectivity index (χ0n) is 27.8. The average Bonchev–Trinajstić information content (AvgIpc) is 3.63. The lowest BCUT2D eigenvalue weighted by molar-refractivity contribution is -0.153. The van der Waals surface area contributed by atoms with E-state index in [4.69, 9.17) is 9.47 Å². The van der Waals surface area contributed by atoms with Gasteiger partial charge in [0.15, 0.2) is 0 Å². The Hall–Kier alpha value is -3.17. The number of aliphatic hydroxyl groups is 1. The van der Waals surface area contributed by atoms with E-state index in [2.05, 4.69) is 13.2 Å². The lowest BCUT2D eigenvalue weighted by atomic mass is 9.66. The van der Waals surface area contributed by atoms with Crippen molar-refractivity contribution in [2.24, 2.45) is 11.8 Å². The van der Waals surface area contributed by atoms with Gasteiger partial charge in [0, 0.05) is 38.0 Å². The van der Waals surface area contributed by atoms with E-state index in [0.717, 1.165) is 44.3 Å². The van der Waals surface area contributed by atoms with Crippen LogP contribution >= 0.6 is 0 Å². The van der Waals surface area contributed by atoms with Crippen LogP contribution in [0.25, 0.3) is 0 Å². The molecule has 3 saturated heterocycles. The van der Waals surface area contributed by atoms with Gasteiger partial charge in [-0.2, -0.15) is 0 Å². The van der Waals surface area contributed by atoms with Gasteiger partial charge < -0.3 is 29.3 Å². The van der Waals surface area contributed by atoms with Gasteiger partial charge in [-0.3, -0.25) is 14.4 Å². The number of benzene rings is 1. The molecule has 1 aliphatic carbocycles. The van der Waals surface area contributed by atoms with E-state index in [9.17, 15) is 19.5 Å². The Morgan fingerprint density at radius 3 is 2.37 bits per heavy atom. The first-order valence-electron chi connectivity index (χ1n) is 17.4. The number of hydrogen-bond acceptors (Lipinski definition) is 6. The SMILES string of the molecule is C=CCN(C(=O)[C@H]1[C@H]2C(=O)N(CCCCCCO)C(C(=O)N(CC=C)C3CCCCC3)C23CC[C@]1(C)O3)c1ccc(OCC)cc1. The first kappa shape index (κ1) is 34.2. The topological polar surface area (TPSA) is 99.6 Å². The lowest BCUT2D eigenvalue weighted by Crippen LogP contribution is -2.58. The monoisotopic (exact) mass is 635 g/mol. The van der Waals surface area contributed by atoms with Gasteiger partial charge in [0.1, 0.15) is 17.4 Å². The molecule has 9 nitrogen and oxygen atoms in total. The molecule has 2 bridgehead atoms. The van der Waals surface area contributed by atoms with E-state index < -0.39 is 29.1 Å². The molecule has 1 N–H and O–H groups in total. The Morgan fingerprint density at radius 1 is 1.02 bits per heavy atom. The molecular weight excluding hydrogens is 582 g/mol. The third kappa shape index (κ3) is 6.25. The molecule has 5 rings (SSSR count). The fraction of sp³-hybridized carbons (Fsp3) is 0.649. The van der Waals surface area contributed by atoms with Gasteiger partial charge in [0.2, 0.25) is 17.7 Å². The summed E-state index contributed by atoms with van der Waals surface area (Å²) >= 11 is 0. The number of hydrogen-bond donors (Lipinski definition) is 1. The molecule has 1 spiro atoms. The maximum atomic E-state index is 14.8. The van der Waals surface area contributed by atoms with Crippen molar-refractivity contribution in [1.29, 1.82) is 0 Å². The highest BCUT2D eigenvalue weighted by Crippen LogP contribution is 2.63. The van der Waals surface area contributed by atoms with E-state index >= 15 is 0 Å². The highest BCUT2D eigenvalue weighted by molar-refractivity contribution is 6.03. The number of unbranched alkanes of at least 4 members (excludes halogenated alkanes) is 3. The van der Waals surface area contributed by atoms with Crippen LogP contribution in [0.4, 0.5) is 5.69 Å². The van der Waals surface area contributed by atoms with Gasteiger partial charge in [0.05, 0.1) is 24.0 Å². The molecule has 9 heteroatoms. The van der Waals surface area contributed by atoms with Gasteiger partial charge in [-0.05, 0) is 76.6 Å². The second-order valence-electron chi connectivity index (χ2n) is 13.6. The fourth-order valence-corrected chi connectivity index (χ4v) is 8.69. The molecule has 3 amide bonds. The molecule has 0 radical (unpaired) electrons. The van der Waals surface area contributed by atoms with Gasteiger partial charge >= 0.3 is 0 Å². The summed E-state index contributed by atoms with van der Waals surface area (Å²) in [6.45, 7) is 13.5. The minimum Gasteiger partial charge on any atom is -0.494 e. The molecule has 1 aromatic rings. The number of amides is 3. The predicted molar refractivity (Wildman–Crippen MR) is 178 cm³/mol. The zero-order valence-corrected chi connectivity index (χ0v) is 27.8. The molecule has 0 aromatic heterocycles. The maximum Gasteiger partial charge on any atom is 0.248 e. The van der Waals surface area contributed by atoms with Crippen LogP contribution in [0.1, 0.15) is 84.5 Å². The normalized spacial score (nSPS) is 28.6. The van der Waals surface area contributed by atoms with E-state index in [1.54, 1.807) is 22.0 Å². The van der Waals surface area contributed by atoms with Crippen LogP contribution < -0.4 is 9.64 Å². The number of carbonyl (C=O) groups is 3. The number of rotatable bonds is 16. The van der Waals surface area contributed by atoms with Crippen molar-refractivity contribution in [1.82, 2.24) is 9.80 Å². The van der Waals surface area contributed by atoms with Crippen LogP contribution in [-0.4, -0.2) is 88.8 Å². The third-order valence-electron chi connectivity index (χ3n) is 10.7. The van der Waals surface area contributed by atoms with E-state index in [0.29, 0.717) is 51.1 Å². The van der Waals surface area contributed by atoms with Crippen LogP contribution in [0.2, 0.25) is 0 Å². The van der Waals surface area contributed by atoms with E-state index in [1.807, 2.05) is 43.0 Å². The number of aliphatic hydroxyl groups excluding tert-OH is 1. The highest BCUT2D eigenvalue weighted by Gasteiger charge is 2.78. The van der Waals surface area contributed by atoms with Crippen molar-refractivity contribution in [3.63, 3.8) is 0 Å². The summed E-state index contributed by atoms with van der Waals surface area (Å²) in [4.78, 5) is 49.6. The molecule has 4 aliphatic rings. The number of carbonyl (C=O) groups excluding carboxylic acids is 3. The lowest BCUT2D eigenvalue weighted by Gasteiger charge is -2.40. The minimum absolute atomic E-state index is 0.0789. The van der Waals surface area contributed by atoms with Gasteiger partial charge in [-0.15, -0.1) is 13.2 Å². The van der Waals surface area contributed by atoms with Crippen molar-refractivity contribution in [2.75, 3.05) is 37.7 Å². The fourth-order valence-electron chi connectivity index (χ4n) is 8.69. The summed E-state index contributed by atoms with van der Waals surface area (Å²) in [5, 5.41) is 9.27. The van der Waals surface area contributed by atoms with Crippen molar-refractivity contribution >= 4 is 23.4 Å². The summed E-state index contributed by atoms with van der Waals surface area (Å²) in [7, 11) is 0. The van der Waals surface area contributed by atoms with E-state index in [-0.39, 0.29) is 36.9 Å². The van der Waals surface area contributed by atoms with Crippen molar-refractivity contribution < 1.29 is 29.0 Å². The molecule has 4 fully saturated rings. The predicted octanol–water partition coefficient (Wildman–Crippen LogP) is 5.27. The van der Waals surface area contributed by atoms with Crippen molar-refractivity contribution in [3.05, 3.63) is 49.6 Å². The van der Waals surface area contributed by atoms with Crippen molar-refractivity contribution in [2.45, 2.75) is 108 Å². The van der Waals surface area contributed by atoms with Crippen LogP contribution in [0.3, 0.4) is 0 Å². The number of likely N-dealkylation sites (tertiary alicyclic amines) is 1. The second-order valence-corrected chi connectivity index (χ2v) is 13.6. The first-order valence-corrected chi connectivity index (χ1v) is 17.4. The van der Waals surface area contributed by atoms with Gasteiger partial charge in [-0.1, -0.05) is 44.3 Å². The summed E-state index contributed by atoms with van der Waals surface area (Å²) in [6.07, 6.45) is 12.9. The van der Waals surface area contributed by atoms with Crippen LogP contribution in [0, 0.1) is 11.8 Å². The van der Waals surface area contributed by atoms with Crippen LogP contribution in [0.5, 0.6) is 5.75 Å². The molecule has 1 saturated carbocycles. The molecule has 1 aromatic carbocycles. The van der Waals surface area contributed by atoms with Crippen LogP contribution in [-0.2, 0) is 19.1 Å². The standard InChI is InChI=1S/C37H53N3O6/c1-5-23-38(28-17-19-29(20-18-28)45-7-3)33(42)30-31-34(43)40(25-13-8-9-14-26-41)32(37(31)22-21-36(30,4)46-37)35(44)39(24-6-2)27-15-11-10-12-16-27/h5-6,17-20,27,30-32,41H,1-2,7-16,21-26H2,3-4H3/t30-,31+,32?,36+,37?/m1/s1. The van der Waals surface area contributed by atoms with Gasteiger partial charge in [0.25, 0.3) is 0 Å². The van der Waals surface area contributed by atoms with Gasteiger partial charge in [-0.25, -0.2) is 0 Å². The van der Waals surface area contributed by atoms with E-state index in [1.165, 1.54) is 6.42 Å². The first-order chi connectivity index (χ1) is 22.3.